The maximum absolute atomic E-state index is 12.1. The summed E-state index contributed by atoms with van der Waals surface area (Å²) >= 11 is 6.06. The van der Waals surface area contributed by atoms with Gasteiger partial charge in [0, 0.05) is 35.5 Å². The molecule has 2 aromatic rings. The second-order valence-corrected chi connectivity index (χ2v) is 6.68. The Bertz CT molecular complexity index is 967. The number of fused-ring (bicyclic) bond motifs is 1. The van der Waals surface area contributed by atoms with E-state index in [4.69, 9.17) is 21.1 Å². The van der Waals surface area contributed by atoms with Crippen LogP contribution in [0.1, 0.15) is 5.56 Å². The number of carbonyl (C=O) groups is 2. The lowest BCUT2D eigenvalue weighted by Crippen LogP contribution is -2.40. The first-order chi connectivity index (χ1) is 13.8. The van der Waals surface area contributed by atoms with Crippen LogP contribution in [0.5, 0.6) is 11.5 Å². The lowest BCUT2D eigenvalue weighted by Gasteiger charge is -2.17. The number of imide groups is 1. The largest absolute Gasteiger partial charge is 0.454 e. The van der Waals surface area contributed by atoms with Crippen LogP contribution in [0.3, 0.4) is 0 Å². The van der Waals surface area contributed by atoms with E-state index in [0.717, 1.165) is 0 Å². The second kappa shape index (κ2) is 8.76. The summed E-state index contributed by atoms with van der Waals surface area (Å²) in [5.74, 6) is 0.531. The summed E-state index contributed by atoms with van der Waals surface area (Å²) in [6, 6.07) is 8.24. The maximum atomic E-state index is 12.1. The summed E-state index contributed by atoms with van der Waals surface area (Å²) in [5.41, 5.74) is 0.850. The quantitative estimate of drug-likeness (QED) is 0.544. The molecule has 0 saturated heterocycles. The van der Waals surface area contributed by atoms with Crippen LogP contribution >= 0.6 is 11.6 Å². The molecule has 3 amide bonds. The number of hydrogen-bond donors (Lipinski definition) is 2. The van der Waals surface area contributed by atoms with Gasteiger partial charge in [0.15, 0.2) is 11.5 Å². The number of anilines is 1. The van der Waals surface area contributed by atoms with Crippen molar-refractivity contribution >= 4 is 34.9 Å². The third-order valence-electron chi connectivity index (χ3n) is 3.98. The summed E-state index contributed by atoms with van der Waals surface area (Å²) in [6.45, 7) is 0.190. The van der Waals surface area contributed by atoms with Crippen molar-refractivity contribution in [3.05, 3.63) is 57.1 Å². The number of amides is 3. The third-order valence-corrected chi connectivity index (χ3v) is 4.35. The van der Waals surface area contributed by atoms with Crippen molar-refractivity contribution in [2.45, 2.75) is 6.54 Å². The normalized spacial score (nSPS) is 12.0. The van der Waals surface area contributed by atoms with Crippen molar-refractivity contribution in [3.63, 3.8) is 0 Å². The molecule has 0 unspecified atom stereocenters. The summed E-state index contributed by atoms with van der Waals surface area (Å²) < 4.78 is 10.4. The molecular formula is C18H17ClN4O6. The van der Waals surface area contributed by atoms with Crippen molar-refractivity contribution in [1.29, 1.82) is 0 Å². The van der Waals surface area contributed by atoms with Crippen LogP contribution in [0, 0.1) is 10.1 Å². The maximum Gasteiger partial charge on any atom is 0.325 e. The molecule has 2 N–H and O–H groups in total. The van der Waals surface area contributed by atoms with Crippen LogP contribution in [0.25, 0.3) is 0 Å². The first-order valence-electron chi connectivity index (χ1n) is 8.43. The number of nitro benzene ring substituents is 1. The van der Waals surface area contributed by atoms with E-state index in [1.165, 1.54) is 18.2 Å². The molecule has 29 heavy (non-hydrogen) atoms. The molecule has 11 heteroatoms. The fourth-order valence-electron chi connectivity index (χ4n) is 2.69. The predicted molar refractivity (Wildman–Crippen MR) is 104 cm³/mol. The van der Waals surface area contributed by atoms with Crippen molar-refractivity contribution in [3.8, 4) is 11.5 Å². The average Bonchev–Trinajstić information content (AvgIpc) is 3.10. The van der Waals surface area contributed by atoms with E-state index < -0.39 is 16.9 Å². The number of halogens is 1. The molecule has 0 aliphatic carbocycles. The predicted octanol–water partition coefficient (Wildman–Crippen LogP) is 2.76. The summed E-state index contributed by atoms with van der Waals surface area (Å²) in [7, 11) is 1.63. The highest BCUT2D eigenvalue weighted by atomic mass is 35.5. The number of nitro groups is 1. The first-order valence-corrected chi connectivity index (χ1v) is 8.81. The van der Waals surface area contributed by atoms with Gasteiger partial charge in [-0.1, -0.05) is 11.6 Å². The van der Waals surface area contributed by atoms with Crippen molar-refractivity contribution < 1.29 is 24.0 Å². The van der Waals surface area contributed by atoms with Gasteiger partial charge in [-0.15, -0.1) is 0 Å². The monoisotopic (exact) mass is 420 g/mol. The molecule has 0 fully saturated rings. The average molecular weight is 421 g/mol. The smallest absolute Gasteiger partial charge is 0.325 e. The molecule has 1 aliphatic rings. The van der Waals surface area contributed by atoms with Crippen LogP contribution in [0.4, 0.5) is 16.2 Å². The number of urea groups is 1. The summed E-state index contributed by atoms with van der Waals surface area (Å²) in [6.07, 6.45) is 0. The van der Waals surface area contributed by atoms with Crippen LogP contribution in [-0.2, 0) is 11.3 Å². The van der Waals surface area contributed by atoms with Crippen molar-refractivity contribution in [1.82, 2.24) is 10.2 Å². The molecule has 3 rings (SSSR count). The van der Waals surface area contributed by atoms with Gasteiger partial charge in [0.25, 0.3) is 5.69 Å². The van der Waals surface area contributed by atoms with Gasteiger partial charge in [-0.05, 0) is 30.8 Å². The molecule has 0 bridgehead atoms. The van der Waals surface area contributed by atoms with Crippen LogP contribution in [0.2, 0.25) is 5.02 Å². The lowest BCUT2D eigenvalue weighted by atomic mass is 10.2. The van der Waals surface area contributed by atoms with E-state index in [9.17, 15) is 19.7 Å². The Morgan fingerprint density at radius 1 is 1.21 bits per heavy atom. The Morgan fingerprint density at radius 3 is 2.72 bits per heavy atom. The molecular weight excluding hydrogens is 404 g/mol. The molecule has 152 valence electrons. The van der Waals surface area contributed by atoms with Gasteiger partial charge < -0.3 is 14.8 Å². The first kappa shape index (κ1) is 20.4. The Labute approximate surface area is 170 Å². The highest BCUT2D eigenvalue weighted by Crippen LogP contribution is 2.34. The van der Waals surface area contributed by atoms with E-state index in [0.29, 0.717) is 27.8 Å². The SMILES string of the molecule is CN(CC(=O)NC(=O)Nc1ccc2c(c1)OCO2)Cc1cc([N+](=O)[O-])ccc1Cl. The Hall–Kier alpha value is -3.37. The van der Waals surface area contributed by atoms with Crippen molar-refractivity contribution in [2.75, 3.05) is 25.7 Å². The fraction of sp³-hybridized carbons (Fsp3) is 0.222. The van der Waals surface area contributed by atoms with E-state index in [2.05, 4.69) is 10.6 Å². The number of benzene rings is 2. The van der Waals surface area contributed by atoms with E-state index in [-0.39, 0.29) is 25.6 Å². The number of hydrogen-bond acceptors (Lipinski definition) is 7. The Morgan fingerprint density at radius 2 is 1.97 bits per heavy atom. The number of nitrogens with one attached hydrogen (secondary N) is 2. The minimum atomic E-state index is -0.698. The number of likely N-dealkylation sites (N-methyl/N-ethyl adjacent to an activating group) is 1. The van der Waals surface area contributed by atoms with Gasteiger partial charge in [-0.25, -0.2) is 4.79 Å². The standard InChI is InChI=1S/C18H17ClN4O6/c1-22(8-11-6-13(23(26)27)3-4-14(11)19)9-17(24)21-18(25)20-12-2-5-15-16(7-12)29-10-28-15/h2-7H,8-10H2,1H3,(H2,20,21,24,25). The van der Waals surface area contributed by atoms with Gasteiger partial charge in [0.05, 0.1) is 11.5 Å². The molecule has 1 heterocycles. The summed E-state index contributed by atoms with van der Waals surface area (Å²) in [5, 5.41) is 16.0. The van der Waals surface area contributed by atoms with Crippen LogP contribution in [0.15, 0.2) is 36.4 Å². The van der Waals surface area contributed by atoms with E-state index in [1.54, 1.807) is 30.1 Å². The fourth-order valence-corrected chi connectivity index (χ4v) is 2.87. The molecule has 1 aliphatic heterocycles. The van der Waals surface area contributed by atoms with Gasteiger partial charge in [-0.2, -0.15) is 0 Å². The zero-order valence-corrected chi connectivity index (χ0v) is 16.1. The Kier molecular flexibility index (Phi) is 6.15. The zero-order valence-electron chi connectivity index (χ0n) is 15.3. The topological polar surface area (TPSA) is 123 Å². The summed E-state index contributed by atoms with van der Waals surface area (Å²) in [4.78, 5) is 36.0. The van der Waals surface area contributed by atoms with Gasteiger partial charge in [-0.3, -0.25) is 25.1 Å². The minimum Gasteiger partial charge on any atom is -0.454 e. The molecule has 10 nitrogen and oxygen atoms in total. The highest BCUT2D eigenvalue weighted by Gasteiger charge is 2.17. The van der Waals surface area contributed by atoms with Gasteiger partial charge in [0.2, 0.25) is 12.7 Å². The van der Waals surface area contributed by atoms with Crippen LogP contribution in [-0.4, -0.2) is 42.1 Å². The second-order valence-electron chi connectivity index (χ2n) is 6.28. The number of nitrogens with zero attached hydrogens (tertiary/aromatic N) is 2. The molecule has 2 aromatic carbocycles. The molecule has 0 radical (unpaired) electrons. The number of ether oxygens (including phenoxy) is 2. The minimum absolute atomic E-state index is 0.0923. The van der Waals surface area contributed by atoms with Crippen molar-refractivity contribution in [2.24, 2.45) is 0 Å². The molecule has 0 aromatic heterocycles. The lowest BCUT2D eigenvalue weighted by molar-refractivity contribution is -0.384. The molecule has 0 spiro atoms. The number of non-ortho nitro benzene ring substituents is 1. The molecule has 0 atom stereocenters. The van der Waals surface area contributed by atoms with Gasteiger partial charge in [0.1, 0.15) is 0 Å². The number of carbonyl (C=O) groups excluding carboxylic acids is 2. The third kappa shape index (κ3) is 5.33. The number of rotatable bonds is 6. The van der Waals surface area contributed by atoms with Crippen LogP contribution < -0.4 is 20.1 Å². The molecule has 0 saturated carbocycles. The Balaban J connectivity index is 1.51. The van der Waals surface area contributed by atoms with E-state index >= 15 is 0 Å². The highest BCUT2D eigenvalue weighted by molar-refractivity contribution is 6.31. The zero-order chi connectivity index (χ0) is 21.0. The van der Waals surface area contributed by atoms with Gasteiger partial charge >= 0.3 is 6.03 Å². The van der Waals surface area contributed by atoms with E-state index in [1.807, 2.05) is 0 Å².